The monoisotopic (exact) mass is 320 g/mol. The lowest BCUT2D eigenvalue weighted by atomic mass is 10.2. The summed E-state index contributed by atoms with van der Waals surface area (Å²) in [5, 5.41) is 3.08. The third-order valence-corrected chi connectivity index (χ3v) is 4.85. The number of thioether (sulfide) groups is 1. The summed E-state index contributed by atoms with van der Waals surface area (Å²) in [6.07, 6.45) is 2.68. The average molecular weight is 320 g/mol. The van der Waals surface area contributed by atoms with E-state index in [0.717, 1.165) is 24.3 Å². The molecule has 0 aliphatic heterocycles. The summed E-state index contributed by atoms with van der Waals surface area (Å²) in [6.45, 7) is 3.56. The van der Waals surface area contributed by atoms with Crippen molar-refractivity contribution in [3.63, 3.8) is 0 Å². The minimum absolute atomic E-state index is 0.281. The highest BCUT2D eigenvalue weighted by Gasteiger charge is 2.18. The Balaban J connectivity index is 2.81. The molecule has 0 aliphatic carbocycles. The van der Waals surface area contributed by atoms with Crippen molar-refractivity contribution in [2.75, 3.05) is 25.1 Å². The molecule has 114 valence electrons. The summed E-state index contributed by atoms with van der Waals surface area (Å²) in [6, 6.07) is 4.17. The number of halogens is 1. The fourth-order valence-corrected chi connectivity index (χ4v) is 3.27. The van der Waals surface area contributed by atoms with Crippen LogP contribution in [0.2, 0.25) is 0 Å². The van der Waals surface area contributed by atoms with E-state index in [9.17, 15) is 12.8 Å². The van der Waals surface area contributed by atoms with Crippen LogP contribution in [0.3, 0.4) is 0 Å². The second-order valence-corrected chi connectivity index (χ2v) is 7.01. The van der Waals surface area contributed by atoms with Gasteiger partial charge in [-0.25, -0.2) is 17.5 Å². The first kappa shape index (κ1) is 17.4. The molecule has 0 spiro atoms. The minimum atomic E-state index is -3.78. The van der Waals surface area contributed by atoms with Gasteiger partial charge in [-0.2, -0.15) is 11.8 Å². The van der Waals surface area contributed by atoms with Gasteiger partial charge in [0.2, 0.25) is 10.0 Å². The van der Waals surface area contributed by atoms with Crippen LogP contribution in [-0.4, -0.2) is 33.5 Å². The number of nitrogens with one attached hydrogen (secondary N) is 2. The smallest absolute Gasteiger partial charge is 0.243 e. The van der Waals surface area contributed by atoms with Crippen molar-refractivity contribution in [2.24, 2.45) is 0 Å². The molecule has 0 aromatic heterocycles. The van der Waals surface area contributed by atoms with Gasteiger partial charge in [0.25, 0.3) is 0 Å². The molecule has 0 unspecified atom stereocenters. The van der Waals surface area contributed by atoms with E-state index in [-0.39, 0.29) is 4.90 Å². The summed E-state index contributed by atoms with van der Waals surface area (Å²) in [5.41, 5.74) is 0.748. The molecule has 2 N–H and O–H groups in total. The molecule has 0 fully saturated rings. The lowest BCUT2D eigenvalue weighted by Crippen LogP contribution is -2.26. The summed E-state index contributed by atoms with van der Waals surface area (Å²) in [5.74, 6) is 0.147. The van der Waals surface area contributed by atoms with Gasteiger partial charge in [-0.05, 0) is 42.7 Å². The first-order chi connectivity index (χ1) is 9.51. The molecule has 0 radical (unpaired) electrons. The standard InChI is InChI=1S/C13H21FN2O2S2/c1-3-15-10-11-5-6-12(14)13(9-11)20(17,18)16-7-4-8-19-2/h5-6,9,15-16H,3-4,7-8,10H2,1-2H3. The zero-order chi connectivity index (χ0) is 15.0. The van der Waals surface area contributed by atoms with Gasteiger partial charge in [-0.1, -0.05) is 13.0 Å². The fraction of sp³-hybridized carbons (Fsp3) is 0.538. The van der Waals surface area contributed by atoms with E-state index in [4.69, 9.17) is 0 Å². The first-order valence-electron chi connectivity index (χ1n) is 6.49. The lowest BCUT2D eigenvalue weighted by molar-refractivity contribution is 0.555. The third-order valence-electron chi connectivity index (χ3n) is 2.68. The molecular formula is C13H21FN2O2S2. The van der Waals surface area contributed by atoms with Crippen LogP contribution in [0.15, 0.2) is 23.1 Å². The molecule has 0 aliphatic rings. The molecular weight excluding hydrogens is 299 g/mol. The van der Waals surface area contributed by atoms with E-state index in [1.54, 1.807) is 17.8 Å². The maximum atomic E-state index is 13.7. The van der Waals surface area contributed by atoms with Crippen molar-refractivity contribution in [2.45, 2.75) is 24.8 Å². The van der Waals surface area contributed by atoms with Gasteiger partial charge in [0.15, 0.2) is 0 Å². The molecule has 0 heterocycles. The highest BCUT2D eigenvalue weighted by atomic mass is 32.2. The Labute approximate surface area is 124 Å². The summed E-state index contributed by atoms with van der Waals surface area (Å²) >= 11 is 1.65. The number of sulfonamides is 1. The zero-order valence-electron chi connectivity index (χ0n) is 11.8. The maximum Gasteiger partial charge on any atom is 0.243 e. The summed E-state index contributed by atoms with van der Waals surface area (Å²) < 4.78 is 40.3. The van der Waals surface area contributed by atoms with Crippen molar-refractivity contribution in [3.8, 4) is 0 Å². The van der Waals surface area contributed by atoms with Gasteiger partial charge >= 0.3 is 0 Å². The molecule has 0 bridgehead atoms. The van der Waals surface area contributed by atoms with Crippen LogP contribution in [0.4, 0.5) is 4.39 Å². The fourth-order valence-electron chi connectivity index (χ4n) is 1.63. The van der Waals surface area contributed by atoms with Crippen LogP contribution in [0.1, 0.15) is 18.9 Å². The van der Waals surface area contributed by atoms with E-state index in [1.807, 2.05) is 13.2 Å². The third kappa shape index (κ3) is 5.40. The van der Waals surface area contributed by atoms with Crippen molar-refractivity contribution < 1.29 is 12.8 Å². The predicted octanol–water partition coefficient (Wildman–Crippen LogP) is 1.97. The second kappa shape index (κ2) is 8.61. The largest absolute Gasteiger partial charge is 0.313 e. The van der Waals surface area contributed by atoms with E-state index < -0.39 is 15.8 Å². The molecule has 0 saturated heterocycles. The second-order valence-electron chi connectivity index (χ2n) is 4.29. The van der Waals surface area contributed by atoms with E-state index >= 15 is 0 Å². The Morgan fingerprint density at radius 1 is 1.35 bits per heavy atom. The maximum absolute atomic E-state index is 13.7. The Morgan fingerprint density at radius 3 is 2.75 bits per heavy atom. The zero-order valence-corrected chi connectivity index (χ0v) is 13.4. The Hall–Kier alpha value is -0.630. The topological polar surface area (TPSA) is 58.2 Å². The first-order valence-corrected chi connectivity index (χ1v) is 9.36. The van der Waals surface area contributed by atoms with E-state index in [2.05, 4.69) is 10.0 Å². The average Bonchev–Trinajstić information content (AvgIpc) is 2.42. The van der Waals surface area contributed by atoms with Gasteiger partial charge in [0.1, 0.15) is 10.7 Å². The van der Waals surface area contributed by atoms with Crippen molar-refractivity contribution >= 4 is 21.8 Å². The Kier molecular flexibility index (Phi) is 7.50. The van der Waals surface area contributed by atoms with Crippen molar-refractivity contribution in [1.82, 2.24) is 10.0 Å². The molecule has 0 atom stereocenters. The van der Waals surface area contributed by atoms with Crippen LogP contribution in [-0.2, 0) is 16.6 Å². The van der Waals surface area contributed by atoms with Crippen LogP contribution in [0.5, 0.6) is 0 Å². The van der Waals surface area contributed by atoms with E-state index in [1.165, 1.54) is 12.1 Å². The SMILES string of the molecule is CCNCc1ccc(F)c(S(=O)(=O)NCCCSC)c1. The lowest BCUT2D eigenvalue weighted by Gasteiger charge is -2.09. The highest BCUT2D eigenvalue weighted by Crippen LogP contribution is 2.16. The quantitative estimate of drug-likeness (QED) is 0.683. The highest BCUT2D eigenvalue weighted by molar-refractivity contribution is 7.98. The van der Waals surface area contributed by atoms with Gasteiger partial charge in [0.05, 0.1) is 0 Å². The van der Waals surface area contributed by atoms with Gasteiger partial charge in [-0.15, -0.1) is 0 Å². The van der Waals surface area contributed by atoms with Gasteiger partial charge < -0.3 is 5.32 Å². The Morgan fingerprint density at radius 2 is 2.10 bits per heavy atom. The predicted molar refractivity (Wildman–Crippen MR) is 82.0 cm³/mol. The number of hydrogen-bond donors (Lipinski definition) is 2. The van der Waals surface area contributed by atoms with Gasteiger partial charge in [-0.3, -0.25) is 0 Å². The minimum Gasteiger partial charge on any atom is -0.313 e. The molecule has 20 heavy (non-hydrogen) atoms. The van der Waals surface area contributed by atoms with Gasteiger partial charge in [0, 0.05) is 13.1 Å². The van der Waals surface area contributed by atoms with Crippen LogP contribution >= 0.6 is 11.8 Å². The number of hydrogen-bond acceptors (Lipinski definition) is 4. The number of benzene rings is 1. The van der Waals surface area contributed by atoms with Crippen LogP contribution < -0.4 is 10.0 Å². The van der Waals surface area contributed by atoms with Crippen LogP contribution in [0.25, 0.3) is 0 Å². The molecule has 1 aromatic carbocycles. The summed E-state index contributed by atoms with van der Waals surface area (Å²) in [4.78, 5) is -0.281. The molecule has 4 nitrogen and oxygen atoms in total. The summed E-state index contributed by atoms with van der Waals surface area (Å²) in [7, 11) is -3.78. The Bertz CT molecular complexity index is 521. The van der Waals surface area contributed by atoms with Crippen LogP contribution in [0, 0.1) is 5.82 Å². The van der Waals surface area contributed by atoms with E-state index in [0.29, 0.717) is 13.1 Å². The van der Waals surface area contributed by atoms with Crippen molar-refractivity contribution in [1.29, 1.82) is 0 Å². The number of rotatable bonds is 9. The normalized spacial score (nSPS) is 11.8. The molecule has 1 aromatic rings. The molecule has 0 saturated carbocycles. The molecule has 7 heteroatoms. The molecule has 1 rings (SSSR count). The molecule has 0 amide bonds. The van der Waals surface area contributed by atoms with Crippen molar-refractivity contribution in [3.05, 3.63) is 29.6 Å².